The van der Waals surface area contributed by atoms with Crippen LogP contribution in [0.2, 0.25) is 5.02 Å². The SMILES string of the molecule is CCOc1ccc(Cc2cc([C@@H]3OC(COCc4ccccc4)=C[C@H](OCc4ccccc4)[C@H]3OCc3ccccc3)ccc2Cl)cc1. The molecule has 6 heteroatoms. The molecule has 1 heterocycles. The van der Waals surface area contributed by atoms with Gasteiger partial charge in [-0.25, -0.2) is 0 Å². The Morgan fingerprint density at radius 3 is 1.85 bits per heavy atom. The molecule has 0 saturated heterocycles. The molecule has 0 fully saturated rings. The highest BCUT2D eigenvalue weighted by atomic mass is 35.5. The molecule has 0 amide bonds. The summed E-state index contributed by atoms with van der Waals surface area (Å²) in [6, 6.07) is 44.7. The minimum atomic E-state index is -0.467. The van der Waals surface area contributed by atoms with Gasteiger partial charge < -0.3 is 23.7 Å². The second kappa shape index (κ2) is 17.1. The van der Waals surface area contributed by atoms with Crippen LogP contribution in [0, 0.1) is 0 Å². The molecule has 0 aromatic heterocycles. The van der Waals surface area contributed by atoms with Gasteiger partial charge in [-0.2, -0.15) is 0 Å². The van der Waals surface area contributed by atoms with E-state index in [4.69, 9.17) is 35.3 Å². The number of benzene rings is 5. The molecule has 0 bridgehead atoms. The van der Waals surface area contributed by atoms with Crippen molar-refractivity contribution in [1.82, 2.24) is 0 Å². The van der Waals surface area contributed by atoms with E-state index in [9.17, 15) is 0 Å². The lowest BCUT2D eigenvalue weighted by atomic mass is 9.94. The Morgan fingerprint density at radius 1 is 0.625 bits per heavy atom. The summed E-state index contributed by atoms with van der Waals surface area (Å²) in [5.74, 6) is 1.56. The maximum absolute atomic E-state index is 6.79. The van der Waals surface area contributed by atoms with E-state index >= 15 is 0 Å². The van der Waals surface area contributed by atoms with E-state index in [1.54, 1.807) is 0 Å². The standard InChI is InChI=1S/C42H41ClO5/c1-2-45-37-21-18-31(19-22-37)24-36-25-35(20-23-39(36)43)41-42(47-29-34-16-10-5-11-17-34)40(46-28-33-14-8-4-9-15-33)26-38(48-41)30-44-27-32-12-6-3-7-13-32/h3-23,25-26,40-42H,2,24,27-30H2,1H3/t40-,41-,42+/m0/s1. The summed E-state index contributed by atoms with van der Waals surface area (Å²) in [6.45, 7) is 4.23. The number of hydrogen-bond donors (Lipinski definition) is 0. The Morgan fingerprint density at radius 2 is 1.23 bits per heavy atom. The molecule has 5 aromatic rings. The van der Waals surface area contributed by atoms with Crippen LogP contribution in [-0.4, -0.2) is 25.4 Å². The van der Waals surface area contributed by atoms with E-state index in [0.29, 0.717) is 50.2 Å². The fourth-order valence-corrected chi connectivity index (χ4v) is 5.94. The van der Waals surface area contributed by atoms with E-state index in [2.05, 4.69) is 54.6 Å². The Balaban J connectivity index is 1.29. The highest BCUT2D eigenvalue weighted by Gasteiger charge is 2.38. The summed E-state index contributed by atoms with van der Waals surface area (Å²) in [6.07, 6.45) is 1.38. The van der Waals surface area contributed by atoms with Gasteiger partial charge in [-0.1, -0.05) is 127 Å². The van der Waals surface area contributed by atoms with E-state index in [1.807, 2.05) is 91.9 Å². The molecule has 0 unspecified atom stereocenters. The Kier molecular flexibility index (Phi) is 12.0. The zero-order valence-corrected chi connectivity index (χ0v) is 27.9. The molecular formula is C42H41ClO5. The van der Waals surface area contributed by atoms with E-state index in [0.717, 1.165) is 39.1 Å². The first kappa shape index (κ1) is 33.5. The predicted octanol–water partition coefficient (Wildman–Crippen LogP) is 9.67. The van der Waals surface area contributed by atoms with Crippen LogP contribution in [0.25, 0.3) is 0 Å². The molecule has 6 rings (SSSR count). The molecule has 1 aliphatic rings. The molecular weight excluding hydrogens is 620 g/mol. The van der Waals surface area contributed by atoms with Gasteiger partial charge in [-0.15, -0.1) is 0 Å². The number of rotatable bonds is 15. The number of halogens is 1. The van der Waals surface area contributed by atoms with Gasteiger partial charge >= 0.3 is 0 Å². The van der Waals surface area contributed by atoms with Crippen LogP contribution in [0.3, 0.4) is 0 Å². The summed E-state index contributed by atoms with van der Waals surface area (Å²) >= 11 is 6.79. The lowest BCUT2D eigenvalue weighted by Gasteiger charge is -2.37. The van der Waals surface area contributed by atoms with Gasteiger partial charge in [0.25, 0.3) is 0 Å². The van der Waals surface area contributed by atoms with Crippen molar-refractivity contribution in [1.29, 1.82) is 0 Å². The molecule has 0 spiro atoms. The topological polar surface area (TPSA) is 46.2 Å². The normalized spacial score (nSPS) is 17.4. The average molecular weight is 661 g/mol. The summed E-state index contributed by atoms with van der Waals surface area (Å²) in [4.78, 5) is 0. The van der Waals surface area contributed by atoms with Gasteiger partial charge in [-0.05, 0) is 71.0 Å². The zero-order valence-electron chi connectivity index (χ0n) is 27.2. The first-order valence-electron chi connectivity index (χ1n) is 16.4. The Labute approximate surface area is 288 Å². The first-order chi connectivity index (χ1) is 23.6. The van der Waals surface area contributed by atoms with E-state index in [1.165, 1.54) is 0 Å². The van der Waals surface area contributed by atoms with Gasteiger partial charge in [0.2, 0.25) is 0 Å². The van der Waals surface area contributed by atoms with Gasteiger partial charge in [0, 0.05) is 5.02 Å². The molecule has 5 aromatic carbocycles. The van der Waals surface area contributed by atoms with Gasteiger partial charge in [0.1, 0.15) is 30.3 Å². The van der Waals surface area contributed by atoms with Crippen molar-refractivity contribution in [2.75, 3.05) is 13.2 Å². The summed E-state index contributed by atoms with van der Waals surface area (Å²) in [5, 5.41) is 0.698. The van der Waals surface area contributed by atoms with Gasteiger partial charge in [-0.3, -0.25) is 0 Å². The van der Waals surface area contributed by atoms with Crippen molar-refractivity contribution in [2.45, 2.75) is 51.5 Å². The van der Waals surface area contributed by atoms with Crippen LogP contribution in [0.1, 0.15) is 46.4 Å². The molecule has 0 saturated carbocycles. The van der Waals surface area contributed by atoms with Crippen LogP contribution in [-0.2, 0) is 45.2 Å². The molecule has 48 heavy (non-hydrogen) atoms. The van der Waals surface area contributed by atoms with Crippen molar-refractivity contribution in [2.24, 2.45) is 0 Å². The lowest BCUT2D eigenvalue weighted by Crippen LogP contribution is -2.40. The van der Waals surface area contributed by atoms with Crippen LogP contribution < -0.4 is 4.74 Å². The molecule has 246 valence electrons. The van der Waals surface area contributed by atoms with Crippen LogP contribution in [0.15, 0.2) is 145 Å². The quantitative estimate of drug-likeness (QED) is 0.112. The zero-order chi connectivity index (χ0) is 33.0. The Hall–Kier alpha value is -4.39. The van der Waals surface area contributed by atoms with Crippen molar-refractivity contribution < 1.29 is 23.7 Å². The van der Waals surface area contributed by atoms with Crippen molar-refractivity contribution in [3.63, 3.8) is 0 Å². The van der Waals surface area contributed by atoms with Gasteiger partial charge in [0.05, 0.1) is 26.4 Å². The summed E-state index contributed by atoms with van der Waals surface area (Å²) in [7, 11) is 0. The minimum absolute atomic E-state index is 0.300. The van der Waals surface area contributed by atoms with E-state index in [-0.39, 0.29) is 0 Å². The molecule has 5 nitrogen and oxygen atoms in total. The van der Waals surface area contributed by atoms with Crippen LogP contribution in [0.5, 0.6) is 5.75 Å². The van der Waals surface area contributed by atoms with Crippen molar-refractivity contribution >= 4 is 11.6 Å². The second-order valence-corrected chi connectivity index (χ2v) is 12.2. The average Bonchev–Trinajstić information content (AvgIpc) is 3.13. The molecule has 3 atom stereocenters. The number of hydrogen-bond acceptors (Lipinski definition) is 5. The minimum Gasteiger partial charge on any atom is -0.494 e. The highest BCUT2D eigenvalue weighted by Crippen LogP contribution is 2.37. The van der Waals surface area contributed by atoms with Crippen LogP contribution in [0.4, 0.5) is 0 Å². The maximum atomic E-state index is 6.79. The maximum Gasteiger partial charge on any atom is 0.152 e. The third kappa shape index (κ3) is 9.36. The van der Waals surface area contributed by atoms with Gasteiger partial charge in [0.15, 0.2) is 6.10 Å². The highest BCUT2D eigenvalue weighted by molar-refractivity contribution is 6.31. The predicted molar refractivity (Wildman–Crippen MR) is 190 cm³/mol. The number of ether oxygens (including phenoxy) is 5. The molecule has 0 radical (unpaired) electrons. The monoisotopic (exact) mass is 660 g/mol. The molecule has 0 N–H and O–H groups in total. The largest absolute Gasteiger partial charge is 0.494 e. The Bertz CT molecular complexity index is 1730. The summed E-state index contributed by atoms with van der Waals surface area (Å²) in [5.41, 5.74) is 6.36. The third-order valence-corrected chi connectivity index (χ3v) is 8.57. The fourth-order valence-electron chi connectivity index (χ4n) is 5.76. The smallest absolute Gasteiger partial charge is 0.152 e. The third-order valence-electron chi connectivity index (χ3n) is 8.20. The fraction of sp³-hybridized carbons (Fsp3) is 0.238. The molecule has 0 aliphatic carbocycles. The lowest BCUT2D eigenvalue weighted by molar-refractivity contribution is -0.142. The van der Waals surface area contributed by atoms with E-state index < -0.39 is 18.3 Å². The summed E-state index contributed by atoms with van der Waals surface area (Å²) < 4.78 is 31.9. The van der Waals surface area contributed by atoms with Crippen molar-refractivity contribution in [3.8, 4) is 5.75 Å². The molecule has 1 aliphatic heterocycles. The van der Waals surface area contributed by atoms with Crippen LogP contribution >= 0.6 is 11.6 Å². The van der Waals surface area contributed by atoms with Crippen molar-refractivity contribution in [3.05, 3.63) is 184 Å². The second-order valence-electron chi connectivity index (χ2n) is 11.8. The first-order valence-corrected chi connectivity index (χ1v) is 16.8.